The van der Waals surface area contributed by atoms with Gasteiger partial charge in [0.15, 0.2) is 5.69 Å². The Morgan fingerprint density at radius 3 is 2.33 bits per heavy atom. The van der Waals surface area contributed by atoms with Crippen molar-refractivity contribution in [1.82, 2.24) is 4.98 Å². The largest absolute Gasteiger partial charge is 0.478 e. The average molecular weight is 266 g/mol. The van der Waals surface area contributed by atoms with E-state index in [0.29, 0.717) is 0 Å². The molecule has 1 aromatic heterocycles. The smallest absolute Gasteiger partial charge is 0.433 e. The predicted molar refractivity (Wildman–Crippen MR) is 45.9 cm³/mol. The van der Waals surface area contributed by atoms with Gasteiger partial charge in [0.1, 0.15) is 17.3 Å². The molecule has 0 aliphatic rings. The van der Waals surface area contributed by atoms with E-state index in [2.05, 4.69) is 4.98 Å². The summed E-state index contributed by atoms with van der Waals surface area (Å²) in [6.45, 7) is 0. The number of carboxylic acids is 1. The minimum absolute atomic E-state index is 0.0744. The van der Waals surface area contributed by atoms with E-state index in [4.69, 9.17) is 10.4 Å². The van der Waals surface area contributed by atoms with Crippen molar-refractivity contribution in [3.63, 3.8) is 0 Å². The summed E-state index contributed by atoms with van der Waals surface area (Å²) in [7, 11) is 0. The van der Waals surface area contributed by atoms with Crippen molar-refractivity contribution in [3.05, 3.63) is 28.6 Å². The molecule has 0 aliphatic carbocycles. The molecular formula is C9H3F5N2O2. The van der Waals surface area contributed by atoms with Crippen LogP contribution in [0, 0.1) is 11.3 Å². The summed E-state index contributed by atoms with van der Waals surface area (Å²) in [5.74, 6) is -1.94. The third-order valence-electron chi connectivity index (χ3n) is 1.90. The number of pyridine rings is 1. The van der Waals surface area contributed by atoms with Gasteiger partial charge in [0.25, 0.3) is 6.43 Å². The Labute approximate surface area is 96.3 Å². The molecule has 0 unspecified atom stereocenters. The number of aromatic nitrogens is 1. The molecule has 0 aliphatic heterocycles. The van der Waals surface area contributed by atoms with Crippen molar-refractivity contribution in [2.45, 2.75) is 12.6 Å². The number of hydrogen-bond donors (Lipinski definition) is 1. The third kappa shape index (κ3) is 2.53. The fourth-order valence-electron chi connectivity index (χ4n) is 1.19. The second-order valence-corrected chi connectivity index (χ2v) is 3.04. The molecule has 0 bridgehead atoms. The quantitative estimate of drug-likeness (QED) is 0.835. The highest BCUT2D eigenvalue weighted by Gasteiger charge is 2.36. The van der Waals surface area contributed by atoms with Crippen molar-refractivity contribution in [3.8, 4) is 6.07 Å². The minimum Gasteiger partial charge on any atom is -0.478 e. The Hall–Kier alpha value is -2.24. The molecule has 0 spiro atoms. The summed E-state index contributed by atoms with van der Waals surface area (Å²) < 4.78 is 62.0. The molecule has 1 heterocycles. The molecule has 9 heteroatoms. The molecule has 0 saturated carbocycles. The summed E-state index contributed by atoms with van der Waals surface area (Å²) in [5.41, 5.74) is -5.55. The van der Waals surface area contributed by atoms with Gasteiger partial charge in [0, 0.05) is 5.56 Å². The van der Waals surface area contributed by atoms with E-state index in [0.717, 1.165) is 6.07 Å². The van der Waals surface area contributed by atoms with Crippen molar-refractivity contribution in [1.29, 1.82) is 5.26 Å². The molecule has 0 saturated heterocycles. The van der Waals surface area contributed by atoms with E-state index >= 15 is 0 Å². The van der Waals surface area contributed by atoms with E-state index in [9.17, 15) is 26.7 Å². The van der Waals surface area contributed by atoms with E-state index in [1.807, 2.05) is 0 Å². The number of alkyl halides is 5. The van der Waals surface area contributed by atoms with Crippen LogP contribution in [0.5, 0.6) is 0 Å². The lowest BCUT2D eigenvalue weighted by Gasteiger charge is -2.11. The van der Waals surface area contributed by atoms with Crippen LogP contribution in [-0.4, -0.2) is 16.1 Å². The van der Waals surface area contributed by atoms with E-state index < -0.39 is 41.1 Å². The van der Waals surface area contributed by atoms with Crippen molar-refractivity contribution in [2.24, 2.45) is 0 Å². The number of carboxylic acid groups (broad SMARTS) is 1. The van der Waals surface area contributed by atoms with E-state index in [1.54, 1.807) is 0 Å². The molecule has 4 nitrogen and oxygen atoms in total. The highest BCUT2D eigenvalue weighted by atomic mass is 19.4. The number of rotatable bonds is 2. The van der Waals surface area contributed by atoms with Crippen LogP contribution in [-0.2, 0) is 6.18 Å². The fourth-order valence-corrected chi connectivity index (χ4v) is 1.19. The Morgan fingerprint density at radius 2 is 2.00 bits per heavy atom. The van der Waals surface area contributed by atoms with Gasteiger partial charge in [-0.1, -0.05) is 0 Å². The lowest BCUT2D eigenvalue weighted by molar-refractivity contribution is -0.141. The minimum atomic E-state index is -5.05. The standard InChI is InChI=1S/C9H3F5N2O2/c10-7(11)3-1-5(9(12,13)14)16-4(2-15)6(3)8(17)18/h1,7H,(H,17,18). The molecule has 96 valence electrons. The number of halogens is 5. The molecule has 0 atom stereocenters. The first-order valence-corrected chi connectivity index (χ1v) is 4.22. The maximum absolute atomic E-state index is 12.5. The summed E-state index contributed by atoms with van der Waals surface area (Å²) in [5, 5.41) is 17.1. The number of hydrogen-bond acceptors (Lipinski definition) is 3. The Morgan fingerprint density at radius 1 is 1.44 bits per heavy atom. The van der Waals surface area contributed by atoms with Crippen molar-refractivity contribution < 1.29 is 31.9 Å². The van der Waals surface area contributed by atoms with Crippen LogP contribution in [0.25, 0.3) is 0 Å². The van der Waals surface area contributed by atoms with Crippen LogP contribution in [0.4, 0.5) is 22.0 Å². The molecule has 0 fully saturated rings. The Balaban J connectivity index is 3.66. The molecule has 1 rings (SSSR count). The van der Waals surface area contributed by atoms with Crippen LogP contribution < -0.4 is 0 Å². The number of nitrogens with zero attached hydrogens (tertiary/aromatic N) is 2. The van der Waals surface area contributed by atoms with E-state index in [1.165, 1.54) is 0 Å². The van der Waals surface area contributed by atoms with Crippen molar-refractivity contribution in [2.75, 3.05) is 0 Å². The monoisotopic (exact) mass is 266 g/mol. The molecule has 0 aromatic carbocycles. The van der Waals surface area contributed by atoms with Crippen LogP contribution in [0.1, 0.15) is 33.7 Å². The maximum atomic E-state index is 12.5. The van der Waals surface area contributed by atoms with Gasteiger partial charge in [-0.2, -0.15) is 18.4 Å². The first-order chi connectivity index (χ1) is 8.18. The highest BCUT2D eigenvalue weighted by molar-refractivity contribution is 5.91. The first-order valence-electron chi connectivity index (χ1n) is 4.22. The zero-order valence-electron chi connectivity index (χ0n) is 8.29. The van der Waals surface area contributed by atoms with Crippen LogP contribution in [0.15, 0.2) is 6.07 Å². The van der Waals surface area contributed by atoms with Gasteiger partial charge in [-0.05, 0) is 6.07 Å². The number of nitriles is 1. The normalized spacial score (nSPS) is 11.4. The molecule has 0 radical (unpaired) electrons. The van der Waals surface area contributed by atoms with Crippen molar-refractivity contribution >= 4 is 5.97 Å². The first kappa shape index (κ1) is 13.8. The molecule has 18 heavy (non-hydrogen) atoms. The Bertz CT molecular complexity index is 533. The zero-order valence-corrected chi connectivity index (χ0v) is 8.29. The SMILES string of the molecule is N#Cc1nc(C(F)(F)F)cc(C(F)F)c1C(=O)O. The molecule has 0 amide bonds. The van der Waals surface area contributed by atoms with Gasteiger partial charge in [0.05, 0.1) is 0 Å². The molecule has 1 aromatic rings. The van der Waals surface area contributed by atoms with Gasteiger partial charge in [-0.25, -0.2) is 18.6 Å². The topological polar surface area (TPSA) is 74.0 Å². The molecular weight excluding hydrogens is 263 g/mol. The summed E-state index contributed by atoms with van der Waals surface area (Å²) in [6, 6.07) is 0.985. The fraction of sp³-hybridized carbons (Fsp3) is 0.222. The van der Waals surface area contributed by atoms with Gasteiger partial charge >= 0.3 is 12.1 Å². The lowest BCUT2D eigenvalue weighted by Crippen LogP contribution is -2.15. The van der Waals surface area contributed by atoms with Crippen LogP contribution >= 0.6 is 0 Å². The van der Waals surface area contributed by atoms with Crippen LogP contribution in [0.3, 0.4) is 0 Å². The van der Waals surface area contributed by atoms with Gasteiger partial charge in [0.2, 0.25) is 0 Å². The molecule has 1 N–H and O–H groups in total. The number of aromatic carboxylic acids is 1. The van der Waals surface area contributed by atoms with E-state index in [-0.39, 0.29) is 6.07 Å². The summed E-state index contributed by atoms with van der Waals surface area (Å²) >= 11 is 0. The van der Waals surface area contributed by atoms with Gasteiger partial charge < -0.3 is 5.11 Å². The van der Waals surface area contributed by atoms with Gasteiger partial charge in [-0.15, -0.1) is 0 Å². The lowest BCUT2D eigenvalue weighted by atomic mass is 10.1. The summed E-state index contributed by atoms with van der Waals surface area (Å²) in [6.07, 6.45) is -8.51. The predicted octanol–water partition coefficient (Wildman–Crippen LogP) is 2.61. The van der Waals surface area contributed by atoms with Crippen LogP contribution in [0.2, 0.25) is 0 Å². The maximum Gasteiger partial charge on any atom is 0.433 e. The number of carbonyl (C=O) groups is 1. The zero-order chi connectivity index (χ0) is 14.1. The van der Waals surface area contributed by atoms with Gasteiger partial charge in [-0.3, -0.25) is 0 Å². The second kappa shape index (κ2) is 4.56. The second-order valence-electron chi connectivity index (χ2n) is 3.04. The third-order valence-corrected chi connectivity index (χ3v) is 1.90. The highest BCUT2D eigenvalue weighted by Crippen LogP contribution is 2.33. The Kier molecular flexibility index (Phi) is 3.50. The average Bonchev–Trinajstić information content (AvgIpc) is 2.25. The summed E-state index contributed by atoms with van der Waals surface area (Å²) in [4.78, 5) is 13.4.